The van der Waals surface area contributed by atoms with Gasteiger partial charge in [-0.1, -0.05) is 12.1 Å². The highest BCUT2D eigenvalue weighted by atomic mass is 16.2. The molecule has 0 aliphatic carbocycles. The number of amides is 1. The van der Waals surface area contributed by atoms with Crippen LogP contribution < -0.4 is 16.4 Å². The fraction of sp³-hybridized carbons (Fsp3) is 0.0526. The van der Waals surface area contributed by atoms with Crippen LogP contribution in [0, 0.1) is 6.92 Å². The lowest BCUT2D eigenvalue weighted by molar-refractivity contribution is 0.0962. The molecule has 2 aromatic heterocycles. The quantitative estimate of drug-likeness (QED) is 0.496. The minimum atomic E-state index is -0.342. The Morgan fingerprint density at radius 1 is 1.04 bits per heavy atom. The van der Waals surface area contributed by atoms with Crippen molar-refractivity contribution < 1.29 is 4.79 Å². The maximum absolute atomic E-state index is 12.4. The van der Waals surface area contributed by atoms with Gasteiger partial charge in [0.05, 0.1) is 16.4 Å². The molecule has 0 atom stereocenters. The summed E-state index contributed by atoms with van der Waals surface area (Å²) < 4.78 is 0. The molecule has 0 bridgehead atoms. The van der Waals surface area contributed by atoms with E-state index in [9.17, 15) is 9.59 Å². The summed E-state index contributed by atoms with van der Waals surface area (Å²) in [7, 11) is 0. The summed E-state index contributed by atoms with van der Waals surface area (Å²) in [5.41, 5.74) is 7.81. The van der Waals surface area contributed by atoms with Crippen molar-refractivity contribution in [1.82, 2.24) is 20.4 Å². The Morgan fingerprint density at radius 3 is 2.77 bits per heavy atom. The van der Waals surface area contributed by atoms with Gasteiger partial charge in [-0.05, 0) is 48.9 Å². The van der Waals surface area contributed by atoms with Crippen LogP contribution in [0.2, 0.25) is 0 Å². The van der Waals surface area contributed by atoms with Crippen LogP contribution in [-0.2, 0) is 0 Å². The number of aromatic amines is 1. The molecule has 0 fully saturated rings. The largest absolute Gasteiger partial charge is 0.291 e. The molecule has 0 saturated carbocycles. The first-order valence-corrected chi connectivity index (χ1v) is 8.02. The molecule has 0 aliphatic heterocycles. The molecular formula is C19H15N5O2. The maximum Gasteiger partial charge on any atom is 0.269 e. The van der Waals surface area contributed by atoms with E-state index in [1.807, 2.05) is 13.0 Å². The van der Waals surface area contributed by atoms with Gasteiger partial charge in [-0.15, -0.1) is 0 Å². The molecule has 0 spiro atoms. The third-order valence-corrected chi connectivity index (χ3v) is 4.13. The molecule has 4 aromatic rings. The first-order chi connectivity index (χ1) is 12.6. The van der Waals surface area contributed by atoms with E-state index in [-0.39, 0.29) is 17.4 Å². The van der Waals surface area contributed by atoms with Crippen molar-refractivity contribution in [3.8, 4) is 0 Å². The van der Waals surface area contributed by atoms with E-state index >= 15 is 0 Å². The number of carbonyl (C=O) groups is 1. The number of anilines is 1. The standard InChI is InChI=1S/C19H15N5O2/c1-11-8-9-20-15-7-6-12(10-14(11)15)17(25)23-24-19-21-16-5-3-2-4-13(16)18(26)22-19/h2-10H,1H3,(H,23,25)(H2,21,22,24,26). The van der Waals surface area contributed by atoms with Crippen LogP contribution in [0.5, 0.6) is 0 Å². The van der Waals surface area contributed by atoms with E-state index < -0.39 is 0 Å². The predicted molar refractivity (Wildman–Crippen MR) is 99.9 cm³/mol. The number of aromatic nitrogens is 3. The van der Waals surface area contributed by atoms with Gasteiger partial charge in [-0.2, -0.15) is 0 Å². The van der Waals surface area contributed by atoms with Gasteiger partial charge in [0.25, 0.3) is 11.5 Å². The zero-order valence-corrected chi connectivity index (χ0v) is 13.9. The predicted octanol–water partition coefficient (Wildman–Crippen LogP) is 2.54. The number of carbonyl (C=O) groups excluding carboxylic acids is 1. The van der Waals surface area contributed by atoms with Crippen LogP contribution in [-0.4, -0.2) is 20.9 Å². The van der Waals surface area contributed by atoms with E-state index in [1.165, 1.54) is 0 Å². The summed E-state index contributed by atoms with van der Waals surface area (Å²) in [6.07, 6.45) is 1.74. The zero-order chi connectivity index (χ0) is 18.1. The number of hydrazine groups is 1. The summed E-state index contributed by atoms with van der Waals surface area (Å²) in [6.45, 7) is 1.97. The number of hydrogen-bond donors (Lipinski definition) is 3. The first-order valence-electron chi connectivity index (χ1n) is 8.02. The van der Waals surface area contributed by atoms with Crippen LogP contribution >= 0.6 is 0 Å². The molecule has 1 amide bonds. The molecule has 2 aromatic carbocycles. The van der Waals surface area contributed by atoms with Crippen molar-refractivity contribution in [2.45, 2.75) is 6.92 Å². The number of nitrogens with zero attached hydrogens (tertiary/aromatic N) is 2. The van der Waals surface area contributed by atoms with E-state index in [4.69, 9.17) is 0 Å². The topological polar surface area (TPSA) is 99.8 Å². The number of hydrogen-bond acceptors (Lipinski definition) is 5. The Morgan fingerprint density at radius 2 is 1.88 bits per heavy atom. The Kier molecular flexibility index (Phi) is 3.81. The molecule has 26 heavy (non-hydrogen) atoms. The van der Waals surface area contributed by atoms with Crippen LogP contribution in [0.3, 0.4) is 0 Å². The normalized spacial score (nSPS) is 10.8. The minimum absolute atomic E-state index is 0.167. The monoisotopic (exact) mass is 345 g/mol. The molecule has 0 unspecified atom stereocenters. The minimum Gasteiger partial charge on any atom is -0.291 e. The van der Waals surface area contributed by atoms with E-state index in [0.29, 0.717) is 16.5 Å². The molecule has 4 rings (SSSR count). The van der Waals surface area contributed by atoms with Gasteiger partial charge >= 0.3 is 0 Å². The maximum atomic E-state index is 12.4. The van der Waals surface area contributed by atoms with Crippen molar-refractivity contribution >= 4 is 33.7 Å². The summed E-state index contributed by atoms with van der Waals surface area (Å²) in [5.74, 6) is -0.174. The Balaban J connectivity index is 1.57. The molecule has 0 aliphatic rings. The summed E-state index contributed by atoms with van der Waals surface area (Å²) in [5, 5.41) is 1.40. The van der Waals surface area contributed by atoms with Crippen molar-refractivity contribution in [2.75, 3.05) is 5.43 Å². The summed E-state index contributed by atoms with van der Waals surface area (Å²) in [6, 6.07) is 14.2. The zero-order valence-electron chi connectivity index (χ0n) is 13.9. The summed E-state index contributed by atoms with van der Waals surface area (Å²) in [4.78, 5) is 35.6. The highest BCUT2D eigenvalue weighted by Gasteiger charge is 2.09. The number of fused-ring (bicyclic) bond motifs is 2. The van der Waals surface area contributed by atoms with Gasteiger partial charge in [-0.25, -0.2) is 4.98 Å². The number of aryl methyl sites for hydroxylation is 1. The second-order valence-corrected chi connectivity index (χ2v) is 5.87. The molecule has 7 nitrogen and oxygen atoms in total. The van der Waals surface area contributed by atoms with E-state index in [1.54, 1.807) is 48.7 Å². The lowest BCUT2D eigenvalue weighted by Crippen LogP contribution is -2.31. The van der Waals surface area contributed by atoms with Crippen molar-refractivity contribution in [1.29, 1.82) is 0 Å². The number of nitrogens with one attached hydrogen (secondary N) is 3. The molecular weight excluding hydrogens is 330 g/mol. The Labute approximate surface area is 148 Å². The lowest BCUT2D eigenvalue weighted by Gasteiger charge is -2.09. The van der Waals surface area contributed by atoms with Crippen molar-refractivity contribution in [3.63, 3.8) is 0 Å². The van der Waals surface area contributed by atoms with Crippen LogP contribution in [0.25, 0.3) is 21.8 Å². The average Bonchev–Trinajstić information content (AvgIpc) is 2.66. The number of para-hydroxylation sites is 1. The SMILES string of the molecule is Cc1ccnc2ccc(C(=O)NNc3nc4ccccc4c(=O)[nH]3)cc12. The molecule has 7 heteroatoms. The molecule has 128 valence electrons. The van der Waals surface area contributed by atoms with Crippen LogP contribution in [0.1, 0.15) is 15.9 Å². The smallest absolute Gasteiger partial charge is 0.269 e. The molecule has 3 N–H and O–H groups in total. The van der Waals surface area contributed by atoms with Gasteiger partial charge in [0.2, 0.25) is 5.95 Å². The van der Waals surface area contributed by atoms with Gasteiger partial charge in [0.15, 0.2) is 0 Å². The second kappa shape index (κ2) is 6.29. The van der Waals surface area contributed by atoms with Crippen LogP contribution in [0.4, 0.5) is 5.95 Å². The fourth-order valence-corrected chi connectivity index (χ4v) is 2.76. The number of pyridine rings is 1. The van der Waals surface area contributed by atoms with Gasteiger partial charge < -0.3 is 0 Å². The van der Waals surface area contributed by atoms with E-state index in [2.05, 4.69) is 25.8 Å². The molecule has 0 radical (unpaired) electrons. The number of H-pyrrole nitrogens is 1. The van der Waals surface area contributed by atoms with Gasteiger partial charge in [-0.3, -0.25) is 30.4 Å². The highest BCUT2D eigenvalue weighted by molar-refractivity contribution is 5.99. The third kappa shape index (κ3) is 2.86. The highest BCUT2D eigenvalue weighted by Crippen LogP contribution is 2.17. The van der Waals surface area contributed by atoms with Crippen molar-refractivity contribution in [3.05, 3.63) is 76.2 Å². The van der Waals surface area contributed by atoms with Gasteiger partial charge in [0.1, 0.15) is 0 Å². The Hall–Kier alpha value is -3.74. The Bertz CT molecular complexity index is 1200. The van der Waals surface area contributed by atoms with Gasteiger partial charge in [0, 0.05) is 17.1 Å². The third-order valence-electron chi connectivity index (χ3n) is 4.13. The molecule has 2 heterocycles. The number of benzene rings is 2. The van der Waals surface area contributed by atoms with Crippen molar-refractivity contribution in [2.24, 2.45) is 0 Å². The number of rotatable bonds is 3. The summed E-state index contributed by atoms with van der Waals surface area (Å²) >= 11 is 0. The molecule has 0 saturated heterocycles. The fourth-order valence-electron chi connectivity index (χ4n) is 2.76. The first kappa shape index (κ1) is 15.8. The van der Waals surface area contributed by atoms with Crippen LogP contribution in [0.15, 0.2) is 59.5 Å². The lowest BCUT2D eigenvalue weighted by atomic mass is 10.1. The van der Waals surface area contributed by atoms with E-state index in [0.717, 1.165) is 16.5 Å². The average molecular weight is 345 g/mol. The second-order valence-electron chi connectivity index (χ2n) is 5.87.